The Morgan fingerprint density at radius 3 is 1.79 bits per heavy atom. The molecule has 0 aromatic heterocycles. The number of carbonyl (C=O) groups excluding carboxylic acids is 1. The van der Waals surface area contributed by atoms with E-state index in [1.807, 2.05) is 0 Å². The Bertz CT molecular complexity index is 220. The lowest BCUT2D eigenvalue weighted by molar-refractivity contribution is -0.122. The van der Waals surface area contributed by atoms with Crippen LogP contribution in [0, 0.1) is 10.8 Å². The Hall–Kier alpha value is -0.530. The van der Waals surface area contributed by atoms with E-state index in [4.69, 9.17) is 0 Å². The Labute approximate surface area is 122 Å². The summed E-state index contributed by atoms with van der Waals surface area (Å²) in [7, 11) is 0. The number of rotatable bonds is 6. The van der Waals surface area contributed by atoms with Crippen molar-refractivity contribution in [1.82, 2.24) is 5.32 Å². The maximum Gasteiger partial charge on any atom is 0.220 e. The third-order valence-corrected chi connectivity index (χ3v) is 2.62. The SMILES string of the molecule is C.C.CC(C)(C)CCCCCNC(=O)CC(C)(C)C. The van der Waals surface area contributed by atoms with Gasteiger partial charge in [-0.15, -0.1) is 0 Å². The van der Waals surface area contributed by atoms with Gasteiger partial charge in [0.1, 0.15) is 0 Å². The highest BCUT2D eigenvalue weighted by Gasteiger charge is 2.15. The summed E-state index contributed by atoms with van der Waals surface area (Å²) in [5.41, 5.74) is 0.534. The number of nitrogens with one attached hydrogen (secondary N) is 1. The van der Waals surface area contributed by atoms with Gasteiger partial charge in [-0.25, -0.2) is 0 Å². The zero-order chi connectivity index (χ0) is 13.5. The standard InChI is InChI=1S/C15H31NO.2CH4/c1-14(2,3)10-8-7-9-11-16-13(17)12-15(4,5)6;;/h7-12H2,1-6H3,(H,16,17);2*1H4. The molecule has 0 aliphatic rings. The molecule has 0 bridgehead atoms. The van der Waals surface area contributed by atoms with Gasteiger partial charge in [0.05, 0.1) is 0 Å². The first kappa shape index (κ1) is 23.6. The van der Waals surface area contributed by atoms with Gasteiger partial charge in [0, 0.05) is 13.0 Å². The number of unbranched alkanes of at least 4 members (excludes halogenated alkanes) is 2. The molecule has 0 radical (unpaired) electrons. The van der Waals surface area contributed by atoms with Crippen molar-refractivity contribution in [2.75, 3.05) is 6.54 Å². The minimum absolute atomic E-state index is 0. The topological polar surface area (TPSA) is 29.1 Å². The molecule has 0 aromatic rings. The summed E-state index contributed by atoms with van der Waals surface area (Å²) in [4.78, 5) is 11.5. The van der Waals surface area contributed by atoms with Crippen LogP contribution in [0.5, 0.6) is 0 Å². The summed E-state index contributed by atoms with van der Waals surface area (Å²) in [6.45, 7) is 13.9. The molecule has 0 aromatic carbocycles. The molecule has 2 nitrogen and oxygen atoms in total. The van der Waals surface area contributed by atoms with Gasteiger partial charge in [0.2, 0.25) is 5.91 Å². The zero-order valence-corrected chi connectivity index (χ0v) is 12.7. The highest BCUT2D eigenvalue weighted by Crippen LogP contribution is 2.22. The second-order valence-corrected chi connectivity index (χ2v) is 7.46. The van der Waals surface area contributed by atoms with E-state index in [1.54, 1.807) is 0 Å². The fourth-order valence-corrected chi connectivity index (χ4v) is 1.73. The zero-order valence-electron chi connectivity index (χ0n) is 12.7. The molecule has 0 fully saturated rings. The van der Waals surface area contributed by atoms with Crippen LogP contribution in [0.1, 0.15) is 88.5 Å². The van der Waals surface area contributed by atoms with Crippen LogP contribution in [0.25, 0.3) is 0 Å². The minimum Gasteiger partial charge on any atom is -0.356 e. The lowest BCUT2D eigenvalue weighted by atomic mass is 9.89. The average molecular weight is 274 g/mol. The van der Waals surface area contributed by atoms with E-state index in [9.17, 15) is 4.79 Å². The molecule has 1 N–H and O–H groups in total. The number of carbonyl (C=O) groups is 1. The van der Waals surface area contributed by atoms with Gasteiger partial charge in [-0.3, -0.25) is 4.79 Å². The molecule has 1 amide bonds. The summed E-state index contributed by atoms with van der Waals surface area (Å²) in [6.07, 6.45) is 5.47. The van der Waals surface area contributed by atoms with Gasteiger partial charge < -0.3 is 5.32 Å². The highest BCUT2D eigenvalue weighted by molar-refractivity contribution is 5.76. The Morgan fingerprint density at radius 1 is 0.842 bits per heavy atom. The maximum absolute atomic E-state index is 11.5. The van der Waals surface area contributed by atoms with Crippen molar-refractivity contribution in [3.63, 3.8) is 0 Å². The molecular weight excluding hydrogens is 234 g/mol. The lowest BCUT2D eigenvalue weighted by Crippen LogP contribution is -2.28. The van der Waals surface area contributed by atoms with Gasteiger partial charge in [0.15, 0.2) is 0 Å². The number of hydrogen-bond donors (Lipinski definition) is 1. The number of amides is 1. The van der Waals surface area contributed by atoms with Crippen LogP contribution in [0.3, 0.4) is 0 Å². The molecule has 19 heavy (non-hydrogen) atoms. The minimum atomic E-state index is 0. The first-order valence-corrected chi connectivity index (χ1v) is 6.87. The van der Waals surface area contributed by atoms with Crippen molar-refractivity contribution < 1.29 is 4.79 Å². The van der Waals surface area contributed by atoms with Gasteiger partial charge in [-0.05, 0) is 23.7 Å². The molecular formula is C17H39NO. The van der Waals surface area contributed by atoms with E-state index in [0.717, 1.165) is 13.0 Å². The molecule has 0 atom stereocenters. The monoisotopic (exact) mass is 273 g/mol. The third kappa shape index (κ3) is 20.0. The van der Waals surface area contributed by atoms with Crippen molar-refractivity contribution in [3.05, 3.63) is 0 Å². The normalized spacial score (nSPS) is 11.3. The van der Waals surface area contributed by atoms with Crippen LogP contribution in [0.4, 0.5) is 0 Å². The van der Waals surface area contributed by atoms with Crippen molar-refractivity contribution in [2.45, 2.75) is 88.5 Å². The summed E-state index contributed by atoms with van der Waals surface area (Å²) in [5, 5.41) is 3.00. The van der Waals surface area contributed by atoms with Crippen molar-refractivity contribution in [1.29, 1.82) is 0 Å². The fraction of sp³-hybridized carbons (Fsp3) is 0.941. The first-order valence-electron chi connectivity index (χ1n) is 6.87. The predicted octanol–water partition coefficient (Wildman–Crippen LogP) is 5.42. The first-order chi connectivity index (χ1) is 7.60. The van der Waals surface area contributed by atoms with E-state index in [1.165, 1.54) is 19.3 Å². The molecule has 0 unspecified atom stereocenters. The quantitative estimate of drug-likeness (QED) is 0.643. The second kappa shape index (κ2) is 10.3. The molecule has 0 saturated heterocycles. The summed E-state index contributed by atoms with van der Waals surface area (Å²) >= 11 is 0. The molecule has 0 aliphatic heterocycles. The van der Waals surface area contributed by atoms with Gasteiger partial charge in [-0.2, -0.15) is 0 Å². The van der Waals surface area contributed by atoms with Gasteiger partial charge in [-0.1, -0.05) is 69.2 Å². The van der Waals surface area contributed by atoms with Gasteiger partial charge >= 0.3 is 0 Å². The van der Waals surface area contributed by atoms with E-state index in [-0.39, 0.29) is 26.2 Å². The van der Waals surface area contributed by atoms with E-state index in [0.29, 0.717) is 11.8 Å². The van der Waals surface area contributed by atoms with Crippen molar-refractivity contribution in [3.8, 4) is 0 Å². The second-order valence-electron chi connectivity index (χ2n) is 7.46. The van der Waals surface area contributed by atoms with E-state index in [2.05, 4.69) is 46.9 Å². The van der Waals surface area contributed by atoms with E-state index < -0.39 is 0 Å². The van der Waals surface area contributed by atoms with Crippen LogP contribution in [0.15, 0.2) is 0 Å². The fourth-order valence-electron chi connectivity index (χ4n) is 1.73. The van der Waals surface area contributed by atoms with Gasteiger partial charge in [0.25, 0.3) is 0 Å². The van der Waals surface area contributed by atoms with E-state index >= 15 is 0 Å². The van der Waals surface area contributed by atoms with Crippen LogP contribution in [-0.2, 0) is 4.79 Å². The molecule has 0 rings (SSSR count). The highest BCUT2D eigenvalue weighted by atomic mass is 16.1. The Balaban J connectivity index is -0.00000128. The average Bonchev–Trinajstić information content (AvgIpc) is 2.06. The predicted molar refractivity (Wildman–Crippen MR) is 88.5 cm³/mol. The van der Waals surface area contributed by atoms with Crippen LogP contribution in [0.2, 0.25) is 0 Å². The van der Waals surface area contributed by atoms with Crippen LogP contribution < -0.4 is 5.32 Å². The molecule has 0 aliphatic carbocycles. The molecule has 0 saturated carbocycles. The van der Waals surface area contributed by atoms with Crippen molar-refractivity contribution >= 4 is 5.91 Å². The molecule has 2 heteroatoms. The maximum atomic E-state index is 11.5. The molecule has 118 valence electrons. The smallest absolute Gasteiger partial charge is 0.220 e. The summed E-state index contributed by atoms with van der Waals surface area (Å²) in [5.74, 6) is 0.188. The van der Waals surface area contributed by atoms with Crippen molar-refractivity contribution in [2.24, 2.45) is 10.8 Å². The summed E-state index contributed by atoms with van der Waals surface area (Å²) in [6, 6.07) is 0. The lowest BCUT2D eigenvalue weighted by Gasteiger charge is -2.18. The van der Waals surface area contributed by atoms with Crippen LogP contribution in [-0.4, -0.2) is 12.5 Å². The summed E-state index contributed by atoms with van der Waals surface area (Å²) < 4.78 is 0. The molecule has 0 spiro atoms. The third-order valence-electron chi connectivity index (χ3n) is 2.62. The van der Waals surface area contributed by atoms with Crippen LogP contribution >= 0.6 is 0 Å². The number of hydrogen-bond acceptors (Lipinski definition) is 1. The molecule has 0 heterocycles. The largest absolute Gasteiger partial charge is 0.356 e. The Morgan fingerprint density at radius 2 is 1.37 bits per heavy atom. The Kier molecular flexibility index (Phi) is 12.7.